The summed E-state index contributed by atoms with van der Waals surface area (Å²) in [5, 5.41) is 9.22. The first-order chi connectivity index (χ1) is 6.63. The van der Waals surface area contributed by atoms with Crippen LogP contribution in [0.3, 0.4) is 0 Å². The molecule has 1 rings (SSSR count). The Bertz CT molecular complexity index is 283. The Labute approximate surface area is 94.3 Å². The normalized spacial score (nSPS) is 13.2. The Morgan fingerprint density at radius 3 is 2.57 bits per heavy atom. The molecular weight excluding hydrogens is 240 g/mol. The van der Waals surface area contributed by atoms with Crippen molar-refractivity contribution in [1.82, 2.24) is 0 Å². The smallest absolute Gasteiger partial charge is 0.0464 e. The van der Waals surface area contributed by atoms with E-state index in [4.69, 9.17) is 0 Å². The van der Waals surface area contributed by atoms with Gasteiger partial charge in [-0.3, -0.25) is 0 Å². The number of hydrogen-bond acceptors (Lipinski definition) is 1. The highest BCUT2D eigenvalue weighted by molar-refractivity contribution is 9.10. The van der Waals surface area contributed by atoms with Crippen LogP contribution in [0.25, 0.3) is 0 Å². The Morgan fingerprint density at radius 1 is 1.36 bits per heavy atom. The van der Waals surface area contributed by atoms with E-state index in [-0.39, 0.29) is 6.61 Å². The van der Waals surface area contributed by atoms with Gasteiger partial charge in [0.05, 0.1) is 0 Å². The summed E-state index contributed by atoms with van der Waals surface area (Å²) in [7, 11) is 0. The average molecular weight is 257 g/mol. The Balaban J connectivity index is 2.67. The summed E-state index contributed by atoms with van der Waals surface area (Å²) in [6.07, 6.45) is 0.952. The van der Waals surface area contributed by atoms with Crippen LogP contribution in [0.15, 0.2) is 28.7 Å². The van der Waals surface area contributed by atoms with Crippen LogP contribution in [0.1, 0.15) is 19.4 Å². The maximum Gasteiger partial charge on any atom is 0.0464 e. The summed E-state index contributed by atoms with van der Waals surface area (Å²) in [4.78, 5) is 0. The molecule has 0 saturated carbocycles. The van der Waals surface area contributed by atoms with Gasteiger partial charge < -0.3 is 5.11 Å². The zero-order valence-electron chi connectivity index (χ0n) is 8.70. The lowest BCUT2D eigenvalue weighted by molar-refractivity contribution is 0.189. The summed E-state index contributed by atoms with van der Waals surface area (Å²) in [5.74, 6) is 0.892. The van der Waals surface area contributed by atoms with Gasteiger partial charge in [-0.05, 0) is 36.0 Å². The van der Waals surface area contributed by atoms with Crippen molar-refractivity contribution in [2.75, 3.05) is 6.61 Å². The Hall–Kier alpha value is -0.340. The van der Waals surface area contributed by atoms with Gasteiger partial charge in [0.15, 0.2) is 0 Å². The summed E-state index contributed by atoms with van der Waals surface area (Å²) in [5.41, 5.74) is 1.28. The van der Waals surface area contributed by atoms with E-state index in [9.17, 15) is 5.11 Å². The molecule has 0 spiro atoms. The molecule has 1 atom stereocenters. The highest BCUT2D eigenvalue weighted by atomic mass is 79.9. The SMILES string of the molecule is CC(C)C(CO)Cc1cccc(Br)c1. The van der Waals surface area contributed by atoms with Gasteiger partial charge in [-0.2, -0.15) is 0 Å². The predicted octanol–water partition coefficient (Wildman–Crippen LogP) is 3.26. The maximum absolute atomic E-state index is 9.22. The van der Waals surface area contributed by atoms with Crippen LogP contribution in [-0.4, -0.2) is 11.7 Å². The molecule has 78 valence electrons. The van der Waals surface area contributed by atoms with Gasteiger partial charge in [0.25, 0.3) is 0 Å². The van der Waals surface area contributed by atoms with Crippen LogP contribution in [0.5, 0.6) is 0 Å². The number of hydrogen-bond donors (Lipinski definition) is 1. The molecule has 1 aromatic rings. The van der Waals surface area contributed by atoms with E-state index in [1.807, 2.05) is 12.1 Å². The van der Waals surface area contributed by atoms with Crippen molar-refractivity contribution >= 4 is 15.9 Å². The minimum atomic E-state index is 0.268. The molecule has 14 heavy (non-hydrogen) atoms. The second kappa shape index (κ2) is 5.52. The number of halogens is 1. The third-order valence-corrected chi connectivity index (χ3v) is 3.06. The molecule has 0 aliphatic heterocycles. The van der Waals surface area contributed by atoms with Crippen molar-refractivity contribution < 1.29 is 5.11 Å². The van der Waals surface area contributed by atoms with Gasteiger partial charge in [0.2, 0.25) is 0 Å². The number of aliphatic hydroxyl groups excluding tert-OH is 1. The first-order valence-corrected chi connectivity index (χ1v) is 5.78. The summed E-state index contributed by atoms with van der Waals surface area (Å²) >= 11 is 3.45. The molecule has 1 aromatic carbocycles. The van der Waals surface area contributed by atoms with Crippen molar-refractivity contribution in [3.63, 3.8) is 0 Å². The van der Waals surface area contributed by atoms with Crippen LogP contribution >= 0.6 is 15.9 Å². The van der Waals surface area contributed by atoms with Crippen LogP contribution in [0.4, 0.5) is 0 Å². The molecule has 0 amide bonds. The van der Waals surface area contributed by atoms with Gasteiger partial charge in [0, 0.05) is 11.1 Å². The molecule has 1 nitrogen and oxygen atoms in total. The fourth-order valence-corrected chi connectivity index (χ4v) is 1.92. The molecular formula is C12H17BrO. The maximum atomic E-state index is 9.22. The Morgan fingerprint density at radius 2 is 2.07 bits per heavy atom. The van der Waals surface area contributed by atoms with E-state index in [0.717, 1.165) is 10.9 Å². The topological polar surface area (TPSA) is 20.2 Å². The molecule has 0 heterocycles. The van der Waals surface area contributed by atoms with Crippen LogP contribution in [-0.2, 0) is 6.42 Å². The third kappa shape index (κ3) is 3.43. The average Bonchev–Trinajstić information content (AvgIpc) is 2.14. The largest absolute Gasteiger partial charge is 0.396 e. The standard InChI is InChI=1S/C12H17BrO/c1-9(2)11(8-14)6-10-4-3-5-12(13)7-10/h3-5,7,9,11,14H,6,8H2,1-2H3. The van der Waals surface area contributed by atoms with E-state index >= 15 is 0 Å². The molecule has 1 unspecified atom stereocenters. The molecule has 2 heteroatoms. The third-order valence-electron chi connectivity index (χ3n) is 2.56. The first kappa shape index (κ1) is 11.7. The lowest BCUT2D eigenvalue weighted by Gasteiger charge is -2.18. The van der Waals surface area contributed by atoms with E-state index in [1.165, 1.54) is 5.56 Å². The zero-order valence-corrected chi connectivity index (χ0v) is 10.3. The van der Waals surface area contributed by atoms with Gasteiger partial charge >= 0.3 is 0 Å². The van der Waals surface area contributed by atoms with Crippen LogP contribution < -0.4 is 0 Å². The second-order valence-electron chi connectivity index (χ2n) is 4.02. The second-order valence-corrected chi connectivity index (χ2v) is 4.94. The van der Waals surface area contributed by atoms with Gasteiger partial charge in [-0.1, -0.05) is 41.9 Å². The fraction of sp³-hybridized carbons (Fsp3) is 0.500. The molecule has 0 aliphatic carbocycles. The number of aliphatic hydroxyl groups is 1. The Kier molecular flexibility index (Phi) is 4.63. The van der Waals surface area contributed by atoms with Gasteiger partial charge in [-0.25, -0.2) is 0 Å². The highest BCUT2D eigenvalue weighted by Crippen LogP contribution is 2.19. The van der Waals surface area contributed by atoms with E-state index in [2.05, 4.69) is 41.9 Å². The monoisotopic (exact) mass is 256 g/mol. The summed E-state index contributed by atoms with van der Waals surface area (Å²) in [6, 6.07) is 8.28. The minimum Gasteiger partial charge on any atom is -0.396 e. The van der Waals surface area contributed by atoms with Crippen molar-refractivity contribution in [2.24, 2.45) is 11.8 Å². The van der Waals surface area contributed by atoms with E-state index in [0.29, 0.717) is 11.8 Å². The molecule has 0 saturated heterocycles. The molecule has 0 bridgehead atoms. The van der Waals surface area contributed by atoms with Gasteiger partial charge in [-0.15, -0.1) is 0 Å². The molecule has 0 aliphatic rings. The zero-order chi connectivity index (χ0) is 10.6. The van der Waals surface area contributed by atoms with Gasteiger partial charge in [0.1, 0.15) is 0 Å². The quantitative estimate of drug-likeness (QED) is 0.877. The molecule has 0 radical (unpaired) electrons. The molecule has 0 aromatic heterocycles. The van der Waals surface area contributed by atoms with Crippen LogP contribution in [0, 0.1) is 11.8 Å². The predicted molar refractivity (Wildman–Crippen MR) is 63.3 cm³/mol. The number of benzene rings is 1. The number of rotatable bonds is 4. The van der Waals surface area contributed by atoms with E-state index < -0.39 is 0 Å². The highest BCUT2D eigenvalue weighted by Gasteiger charge is 2.12. The van der Waals surface area contributed by atoms with Crippen molar-refractivity contribution in [1.29, 1.82) is 0 Å². The minimum absolute atomic E-state index is 0.268. The molecule has 0 fully saturated rings. The lowest BCUT2D eigenvalue weighted by Crippen LogP contribution is -2.16. The van der Waals surface area contributed by atoms with Crippen LogP contribution in [0.2, 0.25) is 0 Å². The first-order valence-electron chi connectivity index (χ1n) is 4.98. The van der Waals surface area contributed by atoms with Crippen molar-refractivity contribution in [3.8, 4) is 0 Å². The fourth-order valence-electron chi connectivity index (χ4n) is 1.48. The summed E-state index contributed by atoms with van der Waals surface area (Å²) in [6.45, 7) is 4.57. The van der Waals surface area contributed by atoms with E-state index in [1.54, 1.807) is 0 Å². The van der Waals surface area contributed by atoms with Crippen molar-refractivity contribution in [3.05, 3.63) is 34.3 Å². The lowest BCUT2D eigenvalue weighted by atomic mass is 9.90. The summed E-state index contributed by atoms with van der Waals surface area (Å²) < 4.78 is 1.11. The molecule has 1 N–H and O–H groups in total. The van der Waals surface area contributed by atoms with Crippen molar-refractivity contribution in [2.45, 2.75) is 20.3 Å².